The molecule has 0 saturated carbocycles. The van der Waals surface area contributed by atoms with Crippen LogP contribution in [0.5, 0.6) is 5.75 Å². The van der Waals surface area contributed by atoms with Crippen molar-refractivity contribution < 1.29 is 9.84 Å². The first-order chi connectivity index (χ1) is 9.88. The summed E-state index contributed by atoms with van der Waals surface area (Å²) in [5, 5.41) is 9.50. The van der Waals surface area contributed by atoms with Gasteiger partial charge in [-0.05, 0) is 24.3 Å². The number of nitrogens with zero attached hydrogens (tertiary/aromatic N) is 2. The predicted octanol–water partition coefficient (Wildman–Crippen LogP) is 1.99. The smallest absolute Gasteiger partial charge is 0.119 e. The van der Waals surface area contributed by atoms with Crippen molar-refractivity contribution in [1.29, 1.82) is 0 Å². The lowest BCUT2D eigenvalue weighted by atomic mass is 10.2. The van der Waals surface area contributed by atoms with Crippen LogP contribution in [0.3, 0.4) is 0 Å². The maximum atomic E-state index is 8.61. The summed E-state index contributed by atoms with van der Waals surface area (Å²) < 4.78 is 5.62. The van der Waals surface area contributed by atoms with Gasteiger partial charge in [0.15, 0.2) is 0 Å². The van der Waals surface area contributed by atoms with Crippen LogP contribution in [0.2, 0.25) is 0 Å². The van der Waals surface area contributed by atoms with Gasteiger partial charge in [-0.1, -0.05) is 11.8 Å². The fourth-order valence-corrected chi connectivity index (χ4v) is 2.09. The fraction of sp³-hybridized carbons (Fsp3) is 0.200. The molecule has 20 heavy (non-hydrogen) atoms. The summed E-state index contributed by atoms with van der Waals surface area (Å²) >= 11 is 1.61. The van der Waals surface area contributed by atoms with Crippen LogP contribution in [0.1, 0.15) is 5.56 Å². The van der Waals surface area contributed by atoms with Gasteiger partial charge in [-0.3, -0.25) is 4.98 Å². The highest BCUT2D eigenvalue weighted by Gasteiger charge is 1.97. The average molecular weight is 286 g/mol. The fourth-order valence-electron chi connectivity index (χ4n) is 1.44. The standard InChI is InChI=1S/C15H14N2O2S/c18-9-1-2-13-3-5-14(6-4-13)19-10-11-20-15-12-16-7-8-17-15/h3-8,12,18H,9-11H2. The highest BCUT2D eigenvalue weighted by molar-refractivity contribution is 7.99. The second kappa shape index (κ2) is 8.20. The molecule has 0 aliphatic carbocycles. The maximum absolute atomic E-state index is 8.61. The number of benzene rings is 1. The number of thioether (sulfide) groups is 1. The van der Waals surface area contributed by atoms with Crippen LogP contribution in [0.4, 0.5) is 0 Å². The van der Waals surface area contributed by atoms with Gasteiger partial charge in [0, 0.05) is 23.7 Å². The Hall–Kier alpha value is -2.03. The lowest BCUT2D eigenvalue weighted by Gasteiger charge is -2.05. The van der Waals surface area contributed by atoms with Gasteiger partial charge < -0.3 is 9.84 Å². The largest absolute Gasteiger partial charge is 0.493 e. The van der Waals surface area contributed by atoms with Crippen LogP contribution in [0.25, 0.3) is 0 Å². The van der Waals surface area contributed by atoms with Crippen LogP contribution >= 0.6 is 11.8 Å². The Morgan fingerprint density at radius 2 is 2.05 bits per heavy atom. The number of aliphatic hydroxyl groups excluding tert-OH is 1. The van der Waals surface area contributed by atoms with Crippen LogP contribution in [0, 0.1) is 11.8 Å². The second-order valence-corrected chi connectivity index (χ2v) is 4.84. The van der Waals surface area contributed by atoms with Crippen molar-refractivity contribution in [3.05, 3.63) is 48.4 Å². The number of aromatic nitrogens is 2. The topological polar surface area (TPSA) is 55.2 Å². The highest BCUT2D eigenvalue weighted by atomic mass is 32.2. The van der Waals surface area contributed by atoms with Gasteiger partial charge >= 0.3 is 0 Å². The van der Waals surface area contributed by atoms with E-state index in [0.717, 1.165) is 22.1 Å². The molecule has 102 valence electrons. The minimum Gasteiger partial charge on any atom is -0.493 e. The number of rotatable bonds is 5. The predicted molar refractivity (Wildman–Crippen MR) is 78.7 cm³/mol. The Morgan fingerprint density at radius 3 is 2.75 bits per heavy atom. The van der Waals surface area contributed by atoms with Crippen LogP contribution in [-0.2, 0) is 0 Å². The number of hydrogen-bond donors (Lipinski definition) is 1. The molecular weight excluding hydrogens is 272 g/mol. The Balaban J connectivity index is 1.74. The minimum absolute atomic E-state index is 0.127. The first-order valence-electron chi connectivity index (χ1n) is 6.10. The zero-order valence-electron chi connectivity index (χ0n) is 10.8. The van der Waals surface area contributed by atoms with Gasteiger partial charge in [-0.15, -0.1) is 11.8 Å². The molecule has 0 radical (unpaired) electrons. The molecule has 5 heteroatoms. The van der Waals surface area contributed by atoms with Gasteiger partial charge in [0.05, 0.1) is 12.8 Å². The summed E-state index contributed by atoms with van der Waals surface area (Å²) in [5.41, 5.74) is 0.861. The maximum Gasteiger partial charge on any atom is 0.119 e. The monoisotopic (exact) mass is 286 g/mol. The lowest BCUT2D eigenvalue weighted by Crippen LogP contribution is -2.00. The van der Waals surface area contributed by atoms with E-state index in [9.17, 15) is 0 Å². The summed E-state index contributed by atoms with van der Waals surface area (Å²) in [7, 11) is 0. The van der Waals surface area contributed by atoms with Crippen molar-refractivity contribution in [1.82, 2.24) is 9.97 Å². The Bertz CT molecular complexity index is 576. The Labute approximate surface area is 122 Å². The van der Waals surface area contributed by atoms with Gasteiger partial charge in [0.2, 0.25) is 0 Å². The molecule has 2 aromatic rings. The molecule has 0 bridgehead atoms. The van der Waals surface area contributed by atoms with Gasteiger partial charge in [-0.25, -0.2) is 4.98 Å². The molecule has 1 N–H and O–H groups in total. The van der Waals surface area contributed by atoms with E-state index >= 15 is 0 Å². The number of aliphatic hydroxyl groups is 1. The number of hydrogen-bond acceptors (Lipinski definition) is 5. The summed E-state index contributed by atoms with van der Waals surface area (Å²) in [6, 6.07) is 7.48. The molecule has 0 saturated heterocycles. The zero-order valence-corrected chi connectivity index (χ0v) is 11.6. The molecule has 1 aromatic carbocycles. The molecule has 1 heterocycles. The van der Waals surface area contributed by atoms with E-state index in [0.29, 0.717) is 6.61 Å². The van der Waals surface area contributed by atoms with E-state index in [1.807, 2.05) is 24.3 Å². The van der Waals surface area contributed by atoms with E-state index in [2.05, 4.69) is 21.8 Å². The third kappa shape index (κ3) is 4.92. The lowest BCUT2D eigenvalue weighted by molar-refractivity contribution is 0.344. The van der Waals surface area contributed by atoms with E-state index in [1.54, 1.807) is 30.4 Å². The molecule has 0 aliphatic rings. The first-order valence-corrected chi connectivity index (χ1v) is 7.08. The average Bonchev–Trinajstić information content (AvgIpc) is 2.52. The first kappa shape index (κ1) is 14.4. The third-order valence-corrected chi connectivity index (χ3v) is 3.18. The molecular formula is C15H14N2O2S. The van der Waals surface area contributed by atoms with Crippen LogP contribution in [0.15, 0.2) is 47.9 Å². The van der Waals surface area contributed by atoms with Crippen molar-refractivity contribution in [3.8, 4) is 17.6 Å². The quantitative estimate of drug-likeness (QED) is 0.517. The van der Waals surface area contributed by atoms with Crippen molar-refractivity contribution in [2.24, 2.45) is 0 Å². The molecule has 0 fully saturated rings. The van der Waals surface area contributed by atoms with Gasteiger partial charge in [-0.2, -0.15) is 0 Å². The van der Waals surface area contributed by atoms with Crippen molar-refractivity contribution in [2.45, 2.75) is 5.03 Å². The summed E-state index contributed by atoms with van der Waals surface area (Å²) in [5.74, 6) is 7.05. The zero-order chi connectivity index (χ0) is 14.0. The van der Waals surface area contributed by atoms with Gasteiger partial charge in [0.1, 0.15) is 17.4 Å². The Morgan fingerprint density at radius 1 is 1.20 bits per heavy atom. The molecule has 0 aliphatic heterocycles. The normalized spacial score (nSPS) is 9.65. The minimum atomic E-state index is -0.127. The van der Waals surface area contributed by atoms with Crippen molar-refractivity contribution >= 4 is 11.8 Å². The molecule has 1 aromatic heterocycles. The summed E-state index contributed by atoms with van der Waals surface area (Å²) in [4.78, 5) is 8.17. The van der Waals surface area contributed by atoms with Crippen molar-refractivity contribution in [3.63, 3.8) is 0 Å². The SMILES string of the molecule is OCC#Cc1ccc(OCCSc2cnccn2)cc1. The van der Waals surface area contributed by atoms with E-state index in [4.69, 9.17) is 9.84 Å². The molecule has 0 amide bonds. The van der Waals surface area contributed by atoms with E-state index in [1.165, 1.54) is 0 Å². The van der Waals surface area contributed by atoms with Crippen molar-refractivity contribution in [2.75, 3.05) is 19.0 Å². The molecule has 0 atom stereocenters. The van der Waals surface area contributed by atoms with Crippen LogP contribution in [-0.4, -0.2) is 34.0 Å². The summed E-state index contributed by atoms with van der Waals surface area (Å²) in [6.07, 6.45) is 5.07. The van der Waals surface area contributed by atoms with Gasteiger partial charge in [0.25, 0.3) is 0 Å². The van der Waals surface area contributed by atoms with Crippen LogP contribution < -0.4 is 4.74 Å². The molecule has 4 nitrogen and oxygen atoms in total. The summed E-state index contributed by atoms with van der Waals surface area (Å²) in [6.45, 7) is 0.473. The molecule has 0 unspecified atom stereocenters. The van der Waals surface area contributed by atoms with E-state index < -0.39 is 0 Å². The van der Waals surface area contributed by atoms with E-state index in [-0.39, 0.29) is 6.61 Å². The molecule has 0 spiro atoms. The Kier molecular flexibility index (Phi) is 5.90. The third-order valence-electron chi connectivity index (χ3n) is 2.31. The highest BCUT2D eigenvalue weighted by Crippen LogP contribution is 2.15. The second-order valence-electron chi connectivity index (χ2n) is 3.72. The number of ether oxygens (including phenoxy) is 1. The molecule has 2 rings (SSSR count).